The van der Waals surface area contributed by atoms with Crippen molar-refractivity contribution < 1.29 is 14.6 Å². The summed E-state index contributed by atoms with van der Waals surface area (Å²) in [7, 11) is 1.67. The molecule has 1 N–H and O–H groups in total. The molecule has 1 saturated carbocycles. The summed E-state index contributed by atoms with van der Waals surface area (Å²) in [4.78, 5) is 0. The first kappa shape index (κ1) is 13.9. The molecule has 2 aliphatic carbocycles. The molecule has 1 aromatic rings. The number of hydrogen-bond donors (Lipinski definition) is 1. The van der Waals surface area contributed by atoms with Crippen LogP contribution in [-0.4, -0.2) is 24.9 Å². The summed E-state index contributed by atoms with van der Waals surface area (Å²) in [5.74, 6) is 1.73. The molecule has 1 aromatic carbocycles. The Kier molecular flexibility index (Phi) is 4.27. The normalized spacial score (nSPS) is 25.9. The lowest BCUT2D eigenvalue weighted by molar-refractivity contribution is -0.0539. The van der Waals surface area contributed by atoms with Gasteiger partial charge in [-0.2, -0.15) is 0 Å². The maximum atomic E-state index is 10.5. The average Bonchev–Trinajstić information content (AvgIpc) is 2.43. The van der Waals surface area contributed by atoms with Gasteiger partial charge in [-0.3, -0.25) is 0 Å². The summed E-state index contributed by atoms with van der Waals surface area (Å²) < 4.78 is 11.2. The second kappa shape index (κ2) is 6.15. The quantitative estimate of drug-likeness (QED) is 0.897. The molecule has 0 aliphatic heterocycles. The number of ether oxygens (including phenoxy) is 2. The Labute approximate surface area is 120 Å². The van der Waals surface area contributed by atoms with Gasteiger partial charge in [-0.25, -0.2) is 0 Å². The van der Waals surface area contributed by atoms with E-state index >= 15 is 0 Å². The number of rotatable bonds is 5. The standard InChI is InChI=1S/C17H24O3/c1-19-14-6-7-15-13(11-14)5-8-16(17(15)18)20-10-9-12-3-2-4-12/h6-7,11-12,16-18H,2-5,8-10H2,1H3. The van der Waals surface area contributed by atoms with Crippen LogP contribution in [0, 0.1) is 5.92 Å². The van der Waals surface area contributed by atoms with Gasteiger partial charge in [0, 0.05) is 6.61 Å². The van der Waals surface area contributed by atoms with Crippen LogP contribution in [-0.2, 0) is 11.2 Å². The fourth-order valence-electron chi connectivity index (χ4n) is 3.21. The minimum Gasteiger partial charge on any atom is -0.497 e. The van der Waals surface area contributed by atoms with E-state index in [1.807, 2.05) is 18.2 Å². The number of benzene rings is 1. The van der Waals surface area contributed by atoms with Crippen molar-refractivity contribution in [2.45, 2.75) is 50.7 Å². The molecule has 0 spiro atoms. The summed E-state index contributed by atoms with van der Waals surface area (Å²) in [5, 5.41) is 10.5. The van der Waals surface area contributed by atoms with E-state index in [9.17, 15) is 5.11 Å². The maximum Gasteiger partial charge on any atom is 0.119 e. The molecule has 2 unspecified atom stereocenters. The molecule has 0 radical (unpaired) electrons. The van der Waals surface area contributed by atoms with Gasteiger partial charge in [-0.1, -0.05) is 25.3 Å². The Bertz CT molecular complexity index is 454. The van der Waals surface area contributed by atoms with Crippen LogP contribution in [0.2, 0.25) is 0 Å². The molecule has 0 amide bonds. The summed E-state index contributed by atoms with van der Waals surface area (Å²) in [6, 6.07) is 5.92. The number of fused-ring (bicyclic) bond motifs is 1. The molecule has 3 heteroatoms. The third-order valence-corrected chi connectivity index (χ3v) is 4.80. The van der Waals surface area contributed by atoms with Gasteiger partial charge in [0.05, 0.1) is 13.2 Å². The molecule has 0 heterocycles. The molecule has 2 atom stereocenters. The first-order valence-electron chi connectivity index (χ1n) is 7.74. The zero-order chi connectivity index (χ0) is 13.9. The monoisotopic (exact) mass is 276 g/mol. The van der Waals surface area contributed by atoms with E-state index in [4.69, 9.17) is 9.47 Å². The Morgan fingerprint density at radius 1 is 1.25 bits per heavy atom. The van der Waals surface area contributed by atoms with Crippen molar-refractivity contribution >= 4 is 0 Å². The molecule has 0 aromatic heterocycles. The average molecular weight is 276 g/mol. The smallest absolute Gasteiger partial charge is 0.119 e. The molecule has 1 fully saturated rings. The first-order chi connectivity index (χ1) is 9.78. The molecule has 3 rings (SSSR count). The van der Waals surface area contributed by atoms with E-state index in [1.54, 1.807) is 7.11 Å². The van der Waals surface area contributed by atoms with Crippen LogP contribution in [0.25, 0.3) is 0 Å². The number of aryl methyl sites for hydroxylation is 1. The van der Waals surface area contributed by atoms with E-state index in [0.29, 0.717) is 0 Å². The van der Waals surface area contributed by atoms with E-state index in [0.717, 1.165) is 43.1 Å². The zero-order valence-corrected chi connectivity index (χ0v) is 12.2. The highest BCUT2D eigenvalue weighted by atomic mass is 16.5. The topological polar surface area (TPSA) is 38.7 Å². The molecule has 110 valence electrons. The van der Waals surface area contributed by atoms with Gasteiger partial charge in [0.2, 0.25) is 0 Å². The largest absolute Gasteiger partial charge is 0.497 e. The zero-order valence-electron chi connectivity index (χ0n) is 12.2. The Morgan fingerprint density at radius 2 is 2.10 bits per heavy atom. The van der Waals surface area contributed by atoms with Crippen molar-refractivity contribution in [3.8, 4) is 5.75 Å². The highest BCUT2D eigenvalue weighted by molar-refractivity contribution is 5.39. The highest BCUT2D eigenvalue weighted by Crippen LogP contribution is 2.35. The minimum absolute atomic E-state index is 0.0454. The second-order valence-corrected chi connectivity index (χ2v) is 6.04. The molecule has 0 bridgehead atoms. The maximum absolute atomic E-state index is 10.5. The van der Waals surface area contributed by atoms with Gasteiger partial charge >= 0.3 is 0 Å². The fraction of sp³-hybridized carbons (Fsp3) is 0.647. The van der Waals surface area contributed by atoms with Crippen molar-refractivity contribution in [1.29, 1.82) is 0 Å². The van der Waals surface area contributed by atoms with E-state index in [-0.39, 0.29) is 6.10 Å². The van der Waals surface area contributed by atoms with Crippen LogP contribution in [0.4, 0.5) is 0 Å². The van der Waals surface area contributed by atoms with E-state index < -0.39 is 6.10 Å². The van der Waals surface area contributed by atoms with Gasteiger partial charge in [0.25, 0.3) is 0 Å². The van der Waals surface area contributed by atoms with Crippen LogP contribution >= 0.6 is 0 Å². The lowest BCUT2D eigenvalue weighted by atomic mass is 9.83. The Hall–Kier alpha value is -1.06. The summed E-state index contributed by atoms with van der Waals surface area (Å²) >= 11 is 0. The third-order valence-electron chi connectivity index (χ3n) is 4.80. The van der Waals surface area contributed by atoms with Gasteiger partial charge in [-0.15, -0.1) is 0 Å². The summed E-state index contributed by atoms with van der Waals surface area (Å²) in [5.41, 5.74) is 2.20. The predicted octanol–water partition coefficient (Wildman–Crippen LogP) is 3.25. The Balaban J connectivity index is 1.58. The van der Waals surface area contributed by atoms with Gasteiger partial charge in [0.15, 0.2) is 0 Å². The van der Waals surface area contributed by atoms with Gasteiger partial charge in [-0.05, 0) is 48.4 Å². The summed E-state index contributed by atoms with van der Waals surface area (Å²) in [6.07, 6.45) is 6.56. The third kappa shape index (κ3) is 2.84. The van der Waals surface area contributed by atoms with Gasteiger partial charge < -0.3 is 14.6 Å². The lowest BCUT2D eigenvalue weighted by Crippen LogP contribution is -2.29. The van der Waals surface area contributed by atoms with Crippen LogP contribution in [0.15, 0.2) is 18.2 Å². The van der Waals surface area contributed by atoms with Crippen LogP contribution in [0.3, 0.4) is 0 Å². The van der Waals surface area contributed by atoms with Crippen molar-refractivity contribution in [3.63, 3.8) is 0 Å². The second-order valence-electron chi connectivity index (χ2n) is 6.04. The van der Waals surface area contributed by atoms with Crippen molar-refractivity contribution in [3.05, 3.63) is 29.3 Å². The summed E-state index contributed by atoms with van der Waals surface area (Å²) in [6.45, 7) is 0.790. The van der Waals surface area contributed by atoms with Crippen LogP contribution < -0.4 is 4.74 Å². The highest BCUT2D eigenvalue weighted by Gasteiger charge is 2.29. The minimum atomic E-state index is -0.494. The van der Waals surface area contributed by atoms with Crippen molar-refractivity contribution in [2.24, 2.45) is 5.92 Å². The lowest BCUT2D eigenvalue weighted by Gasteiger charge is -2.31. The molecule has 0 saturated heterocycles. The predicted molar refractivity (Wildman–Crippen MR) is 78.0 cm³/mol. The van der Waals surface area contributed by atoms with Crippen LogP contribution in [0.1, 0.15) is 49.3 Å². The molecule has 20 heavy (non-hydrogen) atoms. The van der Waals surface area contributed by atoms with E-state index in [2.05, 4.69) is 0 Å². The first-order valence-corrected chi connectivity index (χ1v) is 7.74. The molecule has 2 aliphatic rings. The molecular formula is C17H24O3. The number of hydrogen-bond acceptors (Lipinski definition) is 3. The van der Waals surface area contributed by atoms with Crippen LogP contribution in [0.5, 0.6) is 5.75 Å². The fourth-order valence-corrected chi connectivity index (χ4v) is 3.21. The van der Waals surface area contributed by atoms with E-state index in [1.165, 1.54) is 24.8 Å². The number of aliphatic hydroxyl groups is 1. The Morgan fingerprint density at radius 3 is 2.80 bits per heavy atom. The van der Waals surface area contributed by atoms with Crippen molar-refractivity contribution in [2.75, 3.05) is 13.7 Å². The molecule has 3 nitrogen and oxygen atoms in total. The number of methoxy groups -OCH3 is 1. The van der Waals surface area contributed by atoms with Gasteiger partial charge in [0.1, 0.15) is 11.9 Å². The molecular weight excluding hydrogens is 252 g/mol. The number of aliphatic hydroxyl groups excluding tert-OH is 1. The van der Waals surface area contributed by atoms with Crippen molar-refractivity contribution in [1.82, 2.24) is 0 Å². The SMILES string of the molecule is COc1ccc2c(c1)CCC(OCCC1CCC1)C2O.